The Kier molecular flexibility index (Phi) is 4.85. The molecule has 0 atom stereocenters. The maximum atomic E-state index is 12.5. The number of aromatic hydroxyl groups is 1. The molecule has 0 saturated carbocycles. The third-order valence-electron chi connectivity index (χ3n) is 4.82. The van der Waals surface area contributed by atoms with Gasteiger partial charge in [0, 0.05) is 31.4 Å². The van der Waals surface area contributed by atoms with Crippen molar-refractivity contribution in [3.8, 4) is 5.75 Å². The van der Waals surface area contributed by atoms with Gasteiger partial charge < -0.3 is 10.4 Å². The minimum atomic E-state index is -0.243. The largest absolute Gasteiger partial charge is 0.508 e. The van der Waals surface area contributed by atoms with Crippen molar-refractivity contribution in [3.63, 3.8) is 0 Å². The number of carbonyl (C=O) groups is 1. The Morgan fingerprint density at radius 1 is 1.11 bits per heavy atom. The van der Waals surface area contributed by atoms with E-state index in [4.69, 9.17) is 0 Å². The molecule has 1 aliphatic rings. The van der Waals surface area contributed by atoms with Crippen LogP contribution in [0.1, 0.15) is 27.0 Å². The standard InChI is InChI=1S/C22H21N3O2/c26-19-8-4-7-17(11-19)22(27)24-21-13-23-12-18-15-25(10-9-20(18)21)14-16-5-2-1-3-6-16/h1-8,11-13,26H,9-10,14-15H2,(H,24,27). The van der Waals surface area contributed by atoms with Crippen LogP contribution >= 0.6 is 0 Å². The van der Waals surface area contributed by atoms with E-state index in [-0.39, 0.29) is 11.7 Å². The van der Waals surface area contributed by atoms with Gasteiger partial charge in [0.2, 0.25) is 0 Å². The lowest BCUT2D eigenvalue weighted by atomic mass is 9.99. The summed E-state index contributed by atoms with van der Waals surface area (Å²) in [6.07, 6.45) is 4.45. The highest BCUT2D eigenvalue weighted by molar-refractivity contribution is 6.04. The number of nitrogens with zero attached hydrogens (tertiary/aromatic N) is 2. The fraction of sp³-hybridized carbons (Fsp3) is 0.182. The Labute approximate surface area is 158 Å². The molecular formula is C22H21N3O2. The zero-order valence-electron chi connectivity index (χ0n) is 14.9. The molecule has 5 nitrogen and oxygen atoms in total. The van der Waals surface area contributed by atoms with E-state index in [0.717, 1.165) is 42.9 Å². The predicted molar refractivity (Wildman–Crippen MR) is 105 cm³/mol. The minimum absolute atomic E-state index is 0.0763. The molecule has 2 heterocycles. The molecule has 2 aromatic carbocycles. The van der Waals surface area contributed by atoms with Gasteiger partial charge in [-0.1, -0.05) is 36.4 Å². The number of nitrogens with one attached hydrogen (secondary N) is 1. The van der Waals surface area contributed by atoms with Crippen LogP contribution < -0.4 is 5.32 Å². The van der Waals surface area contributed by atoms with Crippen molar-refractivity contribution in [3.05, 3.63) is 89.2 Å². The number of hydrogen-bond acceptors (Lipinski definition) is 4. The molecular weight excluding hydrogens is 338 g/mol. The maximum Gasteiger partial charge on any atom is 0.255 e. The summed E-state index contributed by atoms with van der Waals surface area (Å²) in [6.45, 7) is 2.65. The first kappa shape index (κ1) is 17.2. The predicted octanol–water partition coefficient (Wildman–Crippen LogP) is 3.60. The summed E-state index contributed by atoms with van der Waals surface area (Å²) < 4.78 is 0. The lowest BCUT2D eigenvalue weighted by molar-refractivity contribution is 0.102. The summed E-state index contributed by atoms with van der Waals surface area (Å²) in [5, 5.41) is 12.5. The van der Waals surface area contributed by atoms with Gasteiger partial charge in [-0.2, -0.15) is 0 Å². The average Bonchev–Trinajstić information content (AvgIpc) is 2.69. The molecule has 1 aromatic heterocycles. The molecule has 0 aliphatic carbocycles. The van der Waals surface area contributed by atoms with Crippen LogP contribution in [0, 0.1) is 0 Å². The topological polar surface area (TPSA) is 65.5 Å². The van der Waals surface area contributed by atoms with E-state index in [1.54, 1.807) is 24.4 Å². The van der Waals surface area contributed by atoms with Gasteiger partial charge in [-0.15, -0.1) is 0 Å². The third-order valence-corrected chi connectivity index (χ3v) is 4.82. The zero-order chi connectivity index (χ0) is 18.6. The summed E-state index contributed by atoms with van der Waals surface area (Å²) in [4.78, 5) is 19.2. The van der Waals surface area contributed by atoms with Gasteiger partial charge in [0.15, 0.2) is 0 Å². The number of phenolic OH excluding ortho intramolecular Hbond substituents is 1. The summed E-state index contributed by atoms with van der Waals surface area (Å²) in [5.41, 5.74) is 4.75. The highest BCUT2D eigenvalue weighted by Gasteiger charge is 2.20. The van der Waals surface area contributed by atoms with Crippen LogP contribution in [0.15, 0.2) is 67.0 Å². The lowest BCUT2D eigenvalue weighted by Crippen LogP contribution is -2.31. The Bertz CT molecular complexity index is 957. The quantitative estimate of drug-likeness (QED) is 0.747. The zero-order valence-corrected chi connectivity index (χ0v) is 14.9. The van der Waals surface area contributed by atoms with Gasteiger partial charge in [0.25, 0.3) is 5.91 Å². The highest BCUT2D eigenvalue weighted by atomic mass is 16.3. The second-order valence-electron chi connectivity index (χ2n) is 6.78. The summed E-state index contributed by atoms with van der Waals surface area (Å²) in [6, 6.07) is 16.8. The van der Waals surface area contributed by atoms with Crippen LogP contribution in [0.4, 0.5) is 5.69 Å². The van der Waals surface area contributed by atoms with E-state index in [2.05, 4.69) is 39.5 Å². The third kappa shape index (κ3) is 3.99. The Morgan fingerprint density at radius 3 is 2.78 bits per heavy atom. The fourth-order valence-electron chi connectivity index (χ4n) is 3.48. The second kappa shape index (κ2) is 7.60. The number of carbonyl (C=O) groups excluding carboxylic acids is 1. The summed E-state index contributed by atoms with van der Waals surface area (Å²) in [7, 11) is 0. The number of rotatable bonds is 4. The average molecular weight is 359 g/mol. The van der Waals surface area contributed by atoms with Gasteiger partial charge in [-0.05, 0) is 41.3 Å². The number of pyridine rings is 1. The maximum absolute atomic E-state index is 12.5. The molecule has 5 heteroatoms. The van der Waals surface area contributed by atoms with E-state index >= 15 is 0 Å². The molecule has 0 unspecified atom stereocenters. The number of benzene rings is 2. The molecule has 0 spiro atoms. The first-order valence-electron chi connectivity index (χ1n) is 9.01. The van der Waals surface area contributed by atoms with Crippen LogP contribution in [0.3, 0.4) is 0 Å². The monoisotopic (exact) mass is 359 g/mol. The van der Waals surface area contributed by atoms with E-state index in [9.17, 15) is 9.90 Å². The van der Waals surface area contributed by atoms with Crippen LogP contribution in [-0.2, 0) is 19.5 Å². The molecule has 0 saturated heterocycles. The van der Waals surface area contributed by atoms with Gasteiger partial charge in [-0.3, -0.25) is 14.7 Å². The van der Waals surface area contributed by atoms with Crippen molar-refractivity contribution >= 4 is 11.6 Å². The molecule has 1 amide bonds. The fourth-order valence-corrected chi connectivity index (χ4v) is 3.48. The number of hydrogen-bond donors (Lipinski definition) is 2. The van der Waals surface area contributed by atoms with Crippen molar-refractivity contribution in [1.29, 1.82) is 0 Å². The normalized spacial score (nSPS) is 13.8. The Balaban J connectivity index is 1.49. The molecule has 2 N–H and O–H groups in total. The number of anilines is 1. The van der Waals surface area contributed by atoms with Crippen molar-refractivity contribution in [2.75, 3.05) is 11.9 Å². The van der Waals surface area contributed by atoms with Crippen LogP contribution in [-0.4, -0.2) is 27.4 Å². The number of aromatic nitrogens is 1. The molecule has 3 aromatic rings. The molecule has 4 rings (SSSR count). The molecule has 1 aliphatic heterocycles. The van der Waals surface area contributed by atoms with Gasteiger partial charge in [0.05, 0.1) is 11.9 Å². The lowest BCUT2D eigenvalue weighted by Gasteiger charge is -2.29. The summed E-state index contributed by atoms with van der Waals surface area (Å²) in [5.74, 6) is -0.166. The van der Waals surface area contributed by atoms with Crippen LogP contribution in [0.5, 0.6) is 5.75 Å². The van der Waals surface area contributed by atoms with E-state index in [0.29, 0.717) is 5.56 Å². The molecule has 0 radical (unpaired) electrons. The van der Waals surface area contributed by atoms with Crippen molar-refractivity contribution in [2.45, 2.75) is 19.5 Å². The molecule has 0 bridgehead atoms. The Hall–Kier alpha value is -3.18. The second-order valence-corrected chi connectivity index (χ2v) is 6.78. The number of amides is 1. The first-order chi connectivity index (χ1) is 13.2. The highest BCUT2D eigenvalue weighted by Crippen LogP contribution is 2.26. The SMILES string of the molecule is O=C(Nc1cncc2c1CCN(Cc1ccccc1)C2)c1cccc(O)c1. The number of phenols is 1. The van der Waals surface area contributed by atoms with Gasteiger partial charge >= 0.3 is 0 Å². The number of fused-ring (bicyclic) bond motifs is 1. The van der Waals surface area contributed by atoms with Crippen molar-refractivity contribution < 1.29 is 9.90 Å². The van der Waals surface area contributed by atoms with E-state index in [1.807, 2.05) is 12.3 Å². The first-order valence-corrected chi connectivity index (χ1v) is 9.01. The Morgan fingerprint density at radius 2 is 1.96 bits per heavy atom. The van der Waals surface area contributed by atoms with E-state index in [1.165, 1.54) is 11.6 Å². The van der Waals surface area contributed by atoms with Crippen molar-refractivity contribution in [1.82, 2.24) is 9.88 Å². The minimum Gasteiger partial charge on any atom is -0.508 e. The molecule has 136 valence electrons. The summed E-state index contributed by atoms with van der Waals surface area (Å²) >= 11 is 0. The van der Waals surface area contributed by atoms with Gasteiger partial charge in [0.1, 0.15) is 5.75 Å². The smallest absolute Gasteiger partial charge is 0.255 e. The molecule has 0 fully saturated rings. The van der Waals surface area contributed by atoms with Gasteiger partial charge in [-0.25, -0.2) is 0 Å². The van der Waals surface area contributed by atoms with Crippen molar-refractivity contribution in [2.24, 2.45) is 0 Å². The van der Waals surface area contributed by atoms with Crippen LogP contribution in [0.25, 0.3) is 0 Å². The van der Waals surface area contributed by atoms with E-state index < -0.39 is 0 Å². The molecule has 27 heavy (non-hydrogen) atoms. The van der Waals surface area contributed by atoms with Crippen LogP contribution in [0.2, 0.25) is 0 Å².